The molecule has 0 amide bonds. The van der Waals surface area contributed by atoms with E-state index in [9.17, 15) is 0 Å². The van der Waals surface area contributed by atoms with Crippen molar-refractivity contribution in [1.82, 2.24) is 0 Å². The van der Waals surface area contributed by atoms with Crippen LogP contribution >= 0.6 is 0 Å². The molecule has 0 heterocycles. The molecule has 0 saturated carbocycles. The van der Waals surface area contributed by atoms with Gasteiger partial charge in [0.2, 0.25) is 0 Å². The van der Waals surface area contributed by atoms with E-state index in [0.717, 1.165) is 0 Å². The summed E-state index contributed by atoms with van der Waals surface area (Å²) in [6, 6.07) is 4.89. The van der Waals surface area contributed by atoms with E-state index in [1.165, 1.54) is 43.2 Å². The Morgan fingerprint density at radius 1 is 0.929 bits per heavy atom. The van der Waals surface area contributed by atoms with Crippen LogP contribution in [0.4, 0.5) is 0 Å². The van der Waals surface area contributed by atoms with E-state index in [0.29, 0.717) is 0 Å². The Hall–Kier alpha value is -1.04. The Labute approximate surface area is 85.6 Å². The molecule has 0 fully saturated rings. The van der Waals surface area contributed by atoms with Crippen molar-refractivity contribution in [1.29, 1.82) is 0 Å². The normalized spacial score (nSPS) is 18.8. The SMILES string of the molecule is CC1=Cc2cc3c(cc2C1)CCCC3. The second-order valence-corrected chi connectivity index (χ2v) is 4.69. The lowest BCUT2D eigenvalue weighted by Gasteiger charge is -2.17. The van der Waals surface area contributed by atoms with Gasteiger partial charge in [-0.05, 0) is 61.3 Å². The van der Waals surface area contributed by atoms with Crippen LogP contribution in [0.1, 0.15) is 42.0 Å². The predicted molar refractivity (Wildman–Crippen MR) is 60.4 cm³/mol. The molecule has 0 atom stereocenters. The van der Waals surface area contributed by atoms with Crippen LogP contribution < -0.4 is 0 Å². The van der Waals surface area contributed by atoms with Gasteiger partial charge in [0.15, 0.2) is 0 Å². The van der Waals surface area contributed by atoms with Gasteiger partial charge < -0.3 is 0 Å². The van der Waals surface area contributed by atoms with Gasteiger partial charge in [-0.15, -0.1) is 0 Å². The molecule has 0 aromatic heterocycles. The molecule has 0 bridgehead atoms. The highest BCUT2D eigenvalue weighted by molar-refractivity contribution is 5.65. The van der Waals surface area contributed by atoms with Crippen molar-refractivity contribution < 1.29 is 0 Å². The van der Waals surface area contributed by atoms with Crippen LogP contribution in [0.25, 0.3) is 6.08 Å². The molecule has 0 nitrogen and oxygen atoms in total. The lowest BCUT2D eigenvalue weighted by atomic mass is 9.89. The van der Waals surface area contributed by atoms with Crippen molar-refractivity contribution in [2.75, 3.05) is 0 Å². The van der Waals surface area contributed by atoms with E-state index in [4.69, 9.17) is 0 Å². The highest BCUT2D eigenvalue weighted by Crippen LogP contribution is 2.31. The van der Waals surface area contributed by atoms with Crippen LogP contribution in [-0.2, 0) is 19.3 Å². The van der Waals surface area contributed by atoms with Crippen LogP contribution in [0.3, 0.4) is 0 Å². The van der Waals surface area contributed by atoms with Gasteiger partial charge in [-0.1, -0.05) is 23.8 Å². The van der Waals surface area contributed by atoms with E-state index in [1.807, 2.05) is 0 Å². The van der Waals surface area contributed by atoms with Crippen LogP contribution in [0, 0.1) is 0 Å². The van der Waals surface area contributed by atoms with Crippen LogP contribution in [0.15, 0.2) is 17.7 Å². The molecule has 72 valence electrons. The third kappa shape index (κ3) is 1.21. The average Bonchev–Trinajstić information content (AvgIpc) is 2.53. The summed E-state index contributed by atoms with van der Waals surface area (Å²) in [6.45, 7) is 2.24. The zero-order valence-electron chi connectivity index (χ0n) is 8.77. The molecule has 0 N–H and O–H groups in total. The summed E-state index contributed by atoms with van der Waals surface area (Å²) < 4.78 is 0. The Morgan fingerprint density at radius 2 is 1.64 bits per heavy atom. The summed E-state index contributed by atoms with van der Waals surface area (Å²) in [5, 5.41) is 0. The molecular weight excluding hydrogens is 168 g/mol. The molecule has 0 spiro atoms. The molecule has 2 aliphatic carbocycles. The fraction of sp³-hybridized carbons (Fsp3) is 0.429. The second kappa shape index (κ2) is 2.98. The summed E-state index contributed by atoms with van der Waals surface area (Å²) in [5.74, 6) is 0. The van der Waals surface area contributed by atoms with E-state index >= 15 is 0 Å². The van der Waals surface area contributed by atoms with Crippen molar-refractivity contribution in [3.63, 3.8) is 0 Å². The van der Waals surface area contributed by atoms with Gasteiger partial charge in [0.1, 0.15) is 0 Å². The largest absolute Gasteiger partial charge is 0.0683 e. The first kappa shape index (κ1) is 8.28. The average molecular weight is 184 g/mol. The first-order valence-corrected chi connectivity index (χ1v) is 5.65. The summed E-state index contributed by atoms with van der Waals surface area (Å²) in [5.41, 5.74) is 7.80. The molecule has 0 heteroatoms. The van der Waals surface area contributed by atoms with E-state index in [2.05, 4.69) is 25.1 Å². The summed E-state index contributed by atoms with van der Waals surface area (Å²) in [4.78, 5) is 0. The van der Waals surface area contributed by atoms with Crippen molar-refractivity contribution in [3.05, 3.63) is 40.0 Å². The highest BCUT2D eigenvalue weighted by atomic mass is 14.2. The van der Waals surface area contributed by atoms with Crippen LogP contribution in [-0.4, -0.2) is 0 Å². The van der Waals surface area contributed by atoms with Gasteiger partial charge in [-0.2, -0.15) is 0 Å². The molecule has 0 radical (unpaired) electrons. The Balaban J connectivity index is 2.11. The maximum absolute atomic E-state index is 2.46. The van der Waals surface area contributed by atoms with Crippen molar-refractivity contribution in [2.24, 2.45) is 0 Å². The number of hydrogen-bond acceptors (Lipinski definition) is 0. The molecule has 1 aromatic carbocycles. The fourth-order valence-electron chi connectivity index (χ4n) is 2.76. The van der Waals surface area contributed by atoms with E-state index < -0.39 is 0 Å². The van der Waals surface area contributed by atoms with Gasteiger partial charge in [-0.3, -0.25) is 0 Å². The zero-order chi connectivity index (χ0) is 9.54. The van der Waals surface area contributed by atoms with Gasteiger partial charge in [-0.25, -0.2) is 0 Å². The standard InChI is InChI=1S/C14H16/c1-10-6-13-8-11-4-2-3-5-12(11)9-14(13)7-10/h6,8-9H,2-5,7H2,1H3. The lowest BCUT2D eigenvalue weighted by molar-refractivity contribution is 0.684. The zero-order valence-corrected chi connectivity index (χ0v) is 8.77. The number of allylic oxidation sites excluding steroid dienone is 1. The third-order valence-electron chi connectivity index (χ3n) is 3.47. The van der Waals surface area contributed by atoms with Crippen LogP contribution in [0.5, 0.6) is 0 Å². The van der Waals surface area contributed by atoms with Gasteiger partial charge in [0.25, 0.3) is 0 Å². The number of rotatable bonds is 0. The highest BCUT2D eigenvalue weighted by Gasteiger charge is 2.15. The van der Waals surface area contributed by atoms with Crippen LogP contribution in [0.2, 0.25) is 0 Å². The number of aryl methyl sites for hydroxylation is 2. The Bertz CT molecular complexity index is 410. The molecule has 0 aliphatic heterocycles. The minimum absolute atomic E-state index is 1.18. The van der Waals surface area contributed by atoms with Crippen molar-refractivity contribution in [3.8, 4) is 0 Å². The predicted octanol–water partition coefficient (Wildman–Crippen LogP) is 3.52. The monoisotopic (exact) mass is 184 g/mol. The van der Waals surface area contributed by atoms with Crippen molar-refractivity contribution >= 4 is 6.08 Å². The minimum atomic E-state index is 1.18. The topological polar surface area (TPSA) is 0 Å². The molecule has 0 saturated heterocycles. The first-order valence-electron chi connectivity index (χ1n) is 5.65. The summed E-state index contributed by atoms with van der Waals surface area (Å²) >= 11 is 0. The third-order valence-corrected chi connectivity index (χ3v) is 3.47. The number of hydrogen-bond donors (Lipinski definition) is 0. The lowest BCUT2D eigenvalue weighted by Crippen LogP contribution is -2.03. The van der Waals surface area contributed by atoms with Gasteiger partial charge >= 0.3 is 0 Å². The minimum Gasteiger partial charge on any atom is -0.0683 e. The van der Waals surface area contributed by atoms with Gasteiger partial charge in [0, 0.05) is 0 Å². The number of benzene rings is 1. The molecular formula is C14H16. The maximum Gasteiger partial charge on any atom is -0.00605 e. The van der Waals surface area contributed by atoms with E-state index in [1.54, 1.807) is 16.7 Å². The molecule has 2 aliphatic rings. The smallest absolute Gasteiger partial charge is 0.00605 e. The Kier molecular flexibility index (Phi) is 1.76. The maximum atomic E-state index is 2.46. The molecule has 3 rings (SSSR count). The molecule has 1 aromatic rings. The number of fused-ring (bicyclic) bond motifs is 2. The van der Waals surface area contributed by atoms with E-state index in [-0.39, 0.29) is 0 Å². The van der Waals surface area contributed by atoms with Gasteiger partial charge in [0.05, 0.1) is 0 Å². The molecule has 0 unspecified atom stereocenters. The summed E-state index contributed by atoms with van der Waals surface area (Å²) in [6.07, 6.45) is 8.91. The quantitative estimate of drug-likeness (QED) is 0.578. The fourth-order valence-corrected chi connectivity index (χ4v) is 2.76. The molecule has 14 heavy (non-hydrogen) atoms. The summed E-state index contributed by atoms with van der Waals surface area (Å²) in [7, 11) is 0. The second-order valence-electron chi connectivity index (χ2n) is 4.69. The van der Waals surface area contributed by atoms with Crippen molar-refractivity contribution in [2.45, 2.75) is 39.0 Å². The Morgan fingerprint density at radius 3 is 2.43 bits per heavy atom. The first-order chi connectivity index (χ1) is 6.83.